The van der Waals surface area contributed by atoms with Gasteiger partial charge in [0.2, 0.25) is 0 Å². The normalized spacial score (nSPS) is 10.6. The van der Waals surface area contributed by atoms with Crippen molar-refractivity contribution in [2.45, 2.75) is 20.3 Å². The number of rotatable bonds is 6. The molecular weight excluding hydrogens is 398 g/mol. The molecule has 0 unspecified atom stereocenters. The van der Waals surface area contributed by atoms with Crippen LogP contribution in [-0.4, -0.2) is 24.6 Å². The lowest BCUT2D eigenvalue weighted by atomic mass is 10.1. The number of benzene rings is 2. The van der Waals surface area contributed by atoms with Crippen LogP contribution in [-0.2, 0) is 16.0 Å². The number of hydrogen-bond acceptors (Lipinski definition) is 4. The Morgan fingerprint density at radius 3 is 2.50 bits per heavy atom. The highest BCUT2D eigenvalue weighted by Gasteiger charge is 2.13. The van der Waals surface area contributed by atoms with Crippen molar-refractivity contribution < 1.29 is 14.3 Å². The van der Waals surface area contributed by atoms with Gasteiger partial charge in [-0.1, -0.05) is 35.0 Å². The van der Waals surface area contributed by atoms with Gasteiger partial charge in [-0.2, -0.15) is 5.10 Å². The topological polar surface area (TPSA) is 79.8 Å². The molecule has 2 amide bonds. The van der Waals surface area contributed by atoms with E-state index in [-0.39, 0.29) is 0 Å². The summed E-state index contributed by atoms with van der Waals surface area (Å²) in [6.07, 6.45) is 2.33. The Morgan fingerprint density at radius 1 is 1.12 bits per heavy atom. The number of carbonyl (C=O) groups excluding carboxylic acids is 2. The summed E-state index contributed by atoms with van der Waals surface area (Å²) in [5.41, 5.74) is 4.59. The SMILES string of the molecule is CCOc1ccc(Br)cc1/C=N/NC(=O)C(=O)Nc1ccc(CC)cc1. The summed E-state index contributed by atoms with van der Waals surface area (Å²) >= 11 is 3.37. The van der Waals surface area contributed by atoms with Gasteiger partial charge < -0.3 is 10.1 Å². The highest BCUT2D eigenvalue weighted by molar-refractivity contribution is 9.10. The molecule has 0 aliphatic carbocycles. The average Bonchev–Trinajstić information content (AvgIpc) is 2.64. The van der Waals surface area contributed by atoms with Crippen LogP contribution >= 0.6 is 15.9 Å². The third kappa shape index (κ3) is 5.70. The smallest absolute Gasteiger partial charge is 0.329 e. The number of anilines is 1. The Labute approximate surface area is 160 Å². The molecule has 7 heteroatoms. The van der Waals surface area contributed by atoms with E-state index in [1.54, 1.807) is 24.3 Å². The van der Waals surface area contributed by atoms with E-state index in [9.17, 15) is 9.59 Å². The van der Waals surface area contributed by atoms with Crippen LogP contribution in [0, 0.1) is 0 Å². The zero-order valence-electron chi connectivity index (χ0n) is 14.6. The molecule has 0 heterocycles. The zero-order valence-corrected chi connectivity index (χ0v) is 16.2. The summed E-state index contributed by atoms with van der Waals surface area (Å²) in [5, 5.41) is 6.35. The van der Waals surface area contributed by atoms with E-state index in [0.29, 0.717) is 23.6 Å². The molecule has 0 aromatic heterocycles. The molecule has 2 aromatic rings. The second-order valence-electron chi connectivity index (χ2n) is 5.32. The van der Waals surface area contributed by atoms with Crippen LogP contribution in [0.2, 0.25) is 0 Å². The van der Waals surface area contributed by atoms with E-state index >= 15 is 0 Å². The number of aryl methyl sites for hydroxylation is 1. The molecule has 26 heavy (non-hydrogen) atoms. The molecule has 0 atom stereocenters. The Kier molecular flexibility index (Phi) is 7.35. The number of amides is 2. The van der Waals surface area contributed by atoms with Crippen LogP contribution in [0.1, 0.15) is 25.0 Å². The molecule has 2 rings (SSSR count). The fraction of sp³-hybridized carbons (Fsp3) is 0.211. The summed E-state index contributed by atoms with van der Waals surface area (Å²) in [7, 11) is 0. The molecule has 0 fully saturated rings. The van der Waals surface area contributed by atoms with Crippen LogP contribution < -0.4 is 15.5 Å². The van der Waals surface area contributed by atoms with Gasteiger partial charge in [-0.15, -0.1) is 0 Å². The molecule has 2 N–H and O–H groups in total. The van der Waals surface area contributed by atoms with Crippen molar-refractivity contribution in [3.63, 3.8) is 0 Å². The molecule has 0 bridgehead atoms. The van der Waals surface area contributed by atoms with Gasteiger partial charge in [0.15, 0.2) is 0 Å². The number of halogens is 1. The van der Waals surface area contributed by atoms with Crippen LogP contribution in [0.5, 0.6) is 5.75 Å². The molecule has 0 aliphatic heterocycles. The quantitative estimate of drug-likeness (QED) is 0.428. The van der Waals surface area contributed by atoms with Crippen molar-refractivity contribution in [2.24, 2.45) is 5.10 Å². The van der Waals surface area contributed by atoms with Gasteiger partial charge in [-0.3, -0.25) is 9.59 Å². The molecule has 6 nitrogen and oxygen atoms in total. The Bertz CT molecular complexity index is 804. The van der Waals surface area contributed by atoms with Crippen LogP contribution in [0.4, 0.5) is 5.69 Å². The minimum Gasteiger partial charge on any atom is -0.493 e. The van der Waals surface area contributed by atoms with E-state index in [2.05, 4.69) is 31.8 Å². The minimum atomic E-state index is -0.853. The number of ether oxygens (including phenoxy) is 1. The molecular formula is C19H20BrN3O3. The fourth-order valence-corrected chi connectivity index (χ4v) is 2.51. The van der Waals surface area contributed by atoms with Gasteiger partial charge in [0.25, 0.3) is 0 Å². The summed E-state index contributed by atoms with van der Waals surface area (Å²) in [6.45, 7) is 4.43. The molecule has 0 radical (unpaired) electrons. The van der Waals surface area contributed by atoms with E-state index in [0.717, 1.165) is 16.5 Å². The van der Waals surface area contributed by atoms with Crippen molar-refractivity contribution in [3.05, 3.63) is 58.1 Å². The summed E-state index contributed by atoms with van der Waals surface area (Å²) < 4.78 is 6.34. The molecule has 0 aliphatic rings. The fourth-order valence-electron chi connectivity index (χ4n) is 2.13. The number of hydrazone groups is 1. The largest absolute Gasteiger partial charge is 0.493 e. The summed E-state index contributed by atoms with van der Waals surface area (Å²) in [5.74, 6) is -1.01. The summed E-state index contributed by atoms with van der Waals surface area (Å²) in [6, 6.07) is 12.7. The van der Waals surface area contributed by atoms with Crippen molar-refractivity contribution >= 4 is 39.6 Å². The van der Waals surface area contributed by atoms with Gasteiger partial charge >= 0.3 is 11.8 Å². The van der Waals surface area contributed by atoms with E-state index in [1.165, 1.54) is 6.21 Å². The maximum atomic E-state index is 11.9. The minimum absolute atomic E-state index is 0.508. The standard InChI is InChI=1S/C19H20BrN3O3/c1-3-13-5-8-16(9-6-13)22-18(24)19(25)23-21-12-14-11-15(20)7-10-17(14)26-4-2/h5-12H,3-4H2,1-2H3,(H,22,24)(H,23,25)/b21-12+. The van der Waals surface area contributed by atoms with Gasteiger partial charge in [0, 0.05) is 15.7 Å². The monoisotopic (exact) mass is 417 g/mol. The second kappa shape index (κ2) is 9.72. The number of nitrogens with one attached hydrogen (secondary N) is 2. The first-order chi connectivity index (χ1) is 12.5. The van der Waals surface area contributed by atoms with E-state index in [1.807, 2.05) is 32.0 Å². The lowest BCUT2D eigenvalue weighted by Gasteiger charge is -2.07. The first-order valence-corrected chi connectivity index (χ1v) is 8.98. The molecule has 0 spiro atoms. The van der Waals surface area contributed by atoms with Crippen LogP contribution in [0.15, 0.2) is 52.0 Å². The van der Waals surface area contributed by atoms with E-state index in [4.69, 9.17) is 4.74 Å². The number of carbonyl (C=O) groups is 2. The third-order valence-corrected chi connectivity index (χ3v) is 3.96. The maximum absolute atomic E-state index is 11.9. The molecule has 0 saturated heterocycles. The maximum Gasteiger partial charge on any atom is 0.329 e. The number of hydrogen-bond donors (Lipinski definition) is 2. The molecule has 0 saturated carbocycles. The zero-order chi connectivity index (χ0) is 18.9. The van der Waals surface area contributed by atoms with Gasteiger partial charge in [0.05, 0.1) is 12.8 Å². The van der Waals surface area contributed by atoms with Crippen LogP contribution in [0.3, 0.4) is 0 Å². The summed E-state index contributed by atoms with van der Waals surface area (Å²) in [4.78, 5) is 23.8. The average molecular weight is 418 g/mol. The van der Waals surface area contributed by atoms with Gasteiger partial charge in [-0.25, -0.2) is 5.43 Å². The first kappa shape index (κ1) is 19.7. The lowest BCUT2D eigenvalue weighted by Crippen LogP contribution is -2.32. The van der Waals surface area contributed by atoms with Crippen LogP contribution in [0.25, 0.3) is 0 Å². The highest BCUT2D eigenvalue weighted by Crippen LogP contribution is 2.21. The second-order valence-corrected chi connectivity index (χ2v) is 6.23. The van der Waals surface area contributed by atoms with Crippen molar-refractivity contribution in [1.29, 1.82) is 0 Å². The van der Waals surface area contributed by atoms with Gasteiger partial charge in [0.1, 0.15) is 5.75 Å². The molecule has 136 valence electrons. The Hall–Kier alpha value is -2.67. The highest BCUT2D eigenvalue weighted by atomic mass is 79.9. The third-order valence-electron chi connectivity index (χ3n) is 3.47. The molecule has 2 aromatic carbocycles. The number of nitrogens with zero attached hydrogens (tertiary/aromatic N) is 1. The Morgan fingerprint density at radius 2 is 1.85 bits per heavy atom. The van der Waals surface area contributed by atoms with Gasteiger partial charge in [-0.05, 0) is 49.2 Å². The van der Waals surface area contributed by atoms with Crippen molar-refractivity contribution in [1.82, 2.24) is 5.43 Å². The Balaban J connectivity index is 1.95. The van der Waals surface area contributed by atoms with E-state index < -0.39 is 11.8 Å². The predicted octanol–water partition coefficient (Wildman–Crippen LogP) is 3.50. The van der Waals surface area contributed by atoms with Crippen molar-refractivity contribution in [3.8, 4) is 5.75 Å². The lowest BCUT2D eigenvalue weighted by molar-refractivity contribution is -0.136. The van der Waals surface area contributed by atoms with Crippen molar-refractivity contribution in [2.75, 3.05) is 11.9 Å². The predicted molar refractivity (Wildman–Crippen MR) is 105 cm³/mol. The first-order valence-electron chi connectivity index (χ1n) is 8.19.